The molecule has 0 spiro atoms. The molecule has 0 saturated heterocycles. The van der Waals surface area contributed by atoms with E-state index in [1.165, 1.54) is 6.33 Å². The summed E-state index contributed by atoms with van der Waals surface area (Å²) < 4.78 is 10.6. The zero-order valence-corrected chi connectivity index (χ0v) is 10.0. The summed E-state index contributed by atoms with van der Waals surface area (Å²) in [7, 11) is 0. The van der Waals surface area contributed by atoms with Crippen LogP contribution >= 0.6 is 11.6 Å². The van der Waals surface area contributed by atoms with Crippen LogP contribution in [0.2, 0.25) is 5.02 Å². The Bertz CT molecular complexity index is 323. The minimum Gasteiger partial charge on any atom is -0.474 e. The van der Waals surface area contributed by atoms with Gasteiger partial charge in [0.15, 0.2) is 0 Å². The number of nitrogen functional groups attached to an aromatic ring is 1. The summed E-state index contributed by atoms with van der Waals surface area (Å²) in [5, 5.41) is 0.246. The average Bonchev–Trinajstić information content (AvgIpc) is 2.29. The van der Waals surface area contributed by atoms with Gasteiger partial charge in [-0.05, 0) is 6.42 Å². The van der Waals surface area contributed by atoms with Crippen LogP contribution in [0.5, 0.6) is 5.88 Å². The molecular formula is C10H16ClN3O2. The minimum absolute atomic E-state index is 0.221. The van der Waals surface area contributed by atoms with E-state index in [1.54, 1.807) is 0 Å². The molecule has 5 nitrogen and oxygen atoms in total. The summed E-state index contributed by atoms with van der Waals surface area (Å²) >= 11 is 5.84. The monoisotopic (exact) mass is 245 g/mol. The highest BCUT2D eigenvalue weighted by Gasteiger charge is 2.06. The third-order valence-corrected chi connectivity index (χ3v) is 2.25. The molecule has 0 radical (unpaired) electrons. The second kappa shape index (κ2) is 7.24. The lowest BCUT2D eigenvalue weighted by Gasteiger charge is -2.07. The van der Waals surface area contributed by atoms with Crippen molar-refractivity contribution in [1.29, 1.82) is 0 Å². The first-order valence-corrected chi connectivity index (χ1v) is 5.60. The van der Waals surface area contributed by atoms with Gasteiger partial charge in [0.2, 0.25) is 5.88 Å². The maximum Gasteiger partial charge on any atom is 0.238 e. The van der Waals surface area contributed by atoms with E-state index in [9.17, 15) is 0 Å². The van der Waals surface area contributed by atoms with E-state index in [0.29, 0.717) is 19.1 Å². The fourth-order valence-corrected chi connectivity index (χ4v) is 1.16. The zero-order valence-electron chi connectivity index (χ0n) is 9.28. The van der Waals surface area contributed by atoms with Crippen LogP contribution in [0.15, 0.2) is 6.33 Å². The summed E-state index contributed by atoms with van der Waals surface area (Å²) in [4.78, 5) is 7.60. The van der Waals surface area contributed by atoms with Crippen LogP contribution in [-0.2, 0) is 4.74 Å². The Balaban J connectivity index is 2.24. The van der Waals surface area contributed by atoms with E-state index in [0.717, 1.165) is 19.4 Å². The second-order valence-corrected chi connectivity index (χ2v) is 3.57. The van der Waals surface area contributed by atoms with E-state index < -0.39 is 0 Å². The Kier molecular flexibility index (Phi) is 5.88. The molecule has 0 fully saturated rings. The van der Waals surface area contributed by atoms with E-state index in [4.69, 9.17) is 26.8 Å². The number of unbranched alkanes of at least 4 members (excludes halogenated alkanes) is 1. The molecule has 1 aromatic heterocycles. The number of aromatic nitrogens is 2. The molecule has 0 amide bonds. The van der Waals surface area contributed by atoms with Crippen molar-refractivity contribution in [3.8, 4) is 5.88 Å². The smallest absolute Gasteiger partial charge is 0.238 e. The standard InChI is InChI=1S/C10H16ClN3O2/c1-2-3-4-15-5-6-16-10-8(11)9(12)13-7-14-10/h7H,2-6H2,1H3,(H2,12,13,14). The van der Waals surface area contributed by atoms with E-state index >= 15 is 0 Å². The first-order valence-electron chi connectivity index (χ1n) is 5.22. The Hall–Kier alpha value is -1.07. The van der Waals surface area contributed by atoms with E-state index in [-0.39, 0.29) is 10.8 Å². The summed E-state index contributed by atoms with van der Waals surface area (Å²) in [6.07, 6.45) is 3.49. The molecule has 1 heterocycles. The Morgan fingerprint density at radius 2 is 2.12 bits per heavy atom. The predicted molar refractivity (Wildman–Crippen MR) is 62.7 cm³/mol. The molecule has 0 aromatic carbocycles. The molecule has 90 valence electrons. The van der Waals surface area contributed by atoms with Gasteiger partial charge in [-0.15, -0.1) is 0 Å². The van der Waals surface area contributed by atoms with Crippen molar-refractivity contribution in [3.63, 3.8) is 0 Å². The van der Waals surface area contributed by atoms with Crippen LogP contribution < -0.4 is 10.5 Å². The highest BCUT2D eigenvalue weighted by Crippen LogP contribution is 2.24. The summed E-state index contributed by atoms with van der Waals surface area (Å²) in [5.41, 5.74) is 5.50. The summed E-state index contributed by atoms with van der Waals surface area (Å²) in [5.74, 6) is 0.520. The fourth-order valence-electron chi connectivity index (χ4n) is 1.01. The van der Waals surface area contributed by atoms with Crippen molar-refractivity contribution in [3.05, 3.63) is 11.3 Å². The summed E-state index contributed by atoms with van der Waals surface area (Å²) in [6.45, 7) is 3.78. The van der Waals surface area contributed by atoms with Crippen LogP contribution in [0, 0.1) is 0 Å². The van der Waals surface area contributed by atoms with Gasteiger partial charge in [-0.1, -0.05) is 24.9 Å². The van der Waals surface area contributed by atoms with Crippen LogP contribution in [0.3, 0.4) is 0 Å². The zero-order chi connectivity index (χ0) is 11.8. The number of halogens is 1. The molecule has 0 aliphatic carbocycles. The predicted octanol–water partition coefficient (Wildman–Crippen LogP) is 1.91. The molecule has 16 heavy (non-hydrogen) atoms. The number of rotatable bonds is 7. The maximum atomic E-state index is 5.84. The van der Waals surface area contributed by atoms with Crippen molar-refractivity contribution >= 4 is 17.4 Å². The number of ether oxygens (including phenoxy) is 2. The first kappa shape index (κ1) is 13.0. The van der Waals surface area contributed by atoms with E-state index in [2.05, 4.69) is 16.9 Å². The molecule has 0 atom stereocenters. The largest absolute Gasteiger partial charge is 0.474 e. The van der Waals surface area contributed by atoms with Gasteiger partial charge in [-0.25, -0.2) is 9.97 Å². The number of hydrogen-bond acceptors (Lipinski definition) is 5. The van der Waals surface area contributed by atoms with Gasteiger partial charge in [0.1, 0.15) is 23.8 Å². The number of anilines is 1. The molecule has 2 N–H and O–H groups in total. The fraction of sp³-hybridized carbons (Fsp3) is 0.600. The van der Waals surface area contributed by atoms with Crippen LogP contribution in [-0.4, -0.2) is 29.8 Å². The third kappa shape index (κ3) is 4.20. The molecule has 6 heteroatoms. The van der Waals surface area contributed by atoms with Gasteiger partial charge in [0, 0.05) is 6.61 Å². The van der Waals surface area contributed by atoms with Crippen LogP contribution in [0.25, 0.3) is 0 Å². The minimum atomic E-state index is 0.221. The molecule has 0 aliphatic heterocycles. The maximum absolute atomic E-state index is 5.84. The van der Waals surface area contributed by atoms with Crippen molar-refractivity contribution in [1.82, 2.24) is 9.97 Å². The SMILES string of the molecule is CCCCOCCOc1ncnc(N)c1Cl. The Morgan fingerprint density at radius 1 is 1.31 bits per heavy atom. The van der Waals surface area contributed by atoms with E-state index in [1.807, 2.05) is 0 Å². The number of hydrogen-bond donors (Lipinski definition) is 1. The van der Waals surface area contributed by atoms with Crippen LogP contribution in [0.1, 0.15) is 19.8 Å². The van der Waals surface area contributed by atoms with Crippen molar-refractivity contribution < 1.29 is 9.47 Å². The van der Waals surface area contributed by atoms with Gasteiger partial charge < -0.3 is 15.2 Å². The number of nitrogens with zero attached hydrogens (tertiary/aromatic N) is 2. The van der Waals surface area contributed by atoms with Crippen molar-refractivity contribution in [2.24, 2.45) is 0 Å². The molecule has 1 rings (SSSR count). The Morgan fingerprint density at radius 3 is 2.88 bits per heavy atom. The first-order chi connectivity index (χ1) is 7.75. The normalized spacial score (nSPS) is 10.4. The molecule has 0 saturated carbocycles. The molecular weight excluding hydrogens is 230 g/mol. The van der Waals surface area contributed by atoms with Gasteiger partial charge in [0.05, 0.1) is 6.61 Å². The van der Waals surface area contributed by atoms with Crippen molar-refractivity contribution in [2.75, 3.05) is 25.6 Å². The van der Waals surface area contributed by atoms with Crippen molar-refractivity contribution in [2.45, 2.75) is 19.8 Å². The van der Waals surface area contributed by atoms with Crippen LogP contribution in [0.4, 0.5) is 5.82 Å². The lowest BCUT2D eigenvalue weighted by molar-refractivity contribution is 0.0965. The topological polar surface area (TPSA) is 70.3 Å². The lowest BCUT2D eigenvalue weighted by Crippen LogP contribution is -2.09. The van der Waals surface area contributed by atoms with Gasteiger partial charge in [-0.3, -0.25) is 0 Å². The van der Waals surface area contributed by atoms with Gasteiger partial charge in [0.25, 0.3) is 0 Å². The van der Waals surface area contributed by atoms with Gasteiger partial charge in [-0.2, -0.15) is 0 Å². The van der Waals surface area contributed by atoms with Gasteiger partial charge >= 0.3 is 0 Å². The molecule has 0 bridgehead atoms. The average molecular weight is 246 g/mol. The molecule has 0 aliphatic rings. The lowest BCUT2D eigenvalue weighted by atomic mass is 10.4. The Labute approximate surface area is 99.9 Å². The second-order valence-electron chi connectivity index (χ2n) is 3.19. The molecule has 1 aromatic rings. The highest BCUT2D eigenvalue weighted by molar-refractivity contribution is 6.33. The summed E-state index contributed by atoms with van der Waals surface area (Å²) in [6, 6.07) is 0. The quantitative estimate of drug-likeness (QED) is 0.743. The number of nitrogens with two attached hydrogens (primary N) is 1. The third-order valence-electron chi connectivity index (χ3n) is 1.89. The molecule has 0 unspecified atom stereocenters. The highest BCUT2D eigenvalue weighted by atomic mass is 35.5.